The Labute approximate surface area is 207 Å². The number of carbonyl (C=O) groups excluding carboxylic acids is 4. The zero-order chi connectivity index (χ0) is 24.4. The van der Waals surface area contributed by atoms with Gasteiger partial charge in [0.25, 0.3) is 11.8 Å². The summed E-state index contributed by atoms with van der Waals surface area (Å²) in [5, 5.41) is 3.34. The monoisotopic (exact) mass is 500 g/mol. The van der Waals surface area contributed by atoms with E-state index in [4.69, 9.17) is 4.74 Å². The molecule has 2 aliphatic rings. The van der Waals surface area contributed by atoms with Crippen LogP contribution in [0.2, 0.25) is 0 Å². The predicted octanol–water partition coefficient (Wildman–Crippen LogP) is 4.41. The lowest BCUT2D eigenvalue weighted by molar-refractivity contribution is -0.120. The standard InChI is InChI=1S/C25H28N2O5S2/c1-4-32-25(31)20-17-10-9-14(2)13-19(17)34-22(20)26-21(28)18(11-12-33-3)27-23(29)15-7-5-6-8-16(15)24(27)30/h5-8,14,18H,4,9-13H2,1-3H3,(H,26,28). The van der Waals surface area contributed by atoms with E-state index in [1.54, 1.807) is 31.2 Å². The Morgan fingerprint density at radius 1 is 1.24 bits per heavy atom. The van der Waals surface area contributed by atoms with Crippen LogP contribution in [0.4, 0.5) is 5.00 Å². The Bertz CT molecular complexity index is 1110. The molecular weight excluding hydrogens is 472 g/mol. The van der Waals surface area contributed by atoms with Crippen molar-refractivity contribution in [3.05, 3.63) is 51.4 Å². The number of rotatable bonds is 8. The second-order valence-electron chi connectivity index (χ2n) is 8.59. The zero-order valence-corrected chi connectivity index (χ0v) is 21.1. The highest BCUT2D eigenvalue weighted by Crippen LogP contribution is 2.40. The number of fused-ring (bicyclic) bond motifs is 2. The van der Waals surface area contributed by atoms with Crippen LogP contribution in [-0.2, 0) is 22.4 Å². The fourth-order valence-electron chi connectivity index (χ4n) is 4.55. The number of thioether (sulfide) groups is 1. The summed E-state index contributed by atoms with van der Waals surface area (Å²) in [6, 6.07) is 5.63. The number of imide groups is 1. The number of amides is 3. The molecule has 1 N–H and O–H groups in total. The maximum absolute atomic E-state index is 13.5. The molecule has 34 heavy (non-hydrogen) atoms. The van der Waals surface area contributed by atoms with Gasteiger partial charge in [-0.25, -0.2) is 4.79 Å². The molecule has 2 aromatic rings. The summed E-state index contributed by atoms with van der Waals surface area (Å²) in [5.74, 6) is -0.766. The number of nitrogens with one attached hydrogen (secondary N) is 1. The van der Waals surface area contributed by atoms with Crippen molar-refractivity contribution in [2.45, 2.75) is 45.6 Å². The van der Waals surface area contributed by atoms with Gasteiger partial charge in [0.2, 0.25) is 5.91 Å². The van der Waals surface area contributed by atoms with E-state index in [0.29, 0.717) is 39.8 Å². The van der Waals surface area contributed by atoms with Crippen molar-refractivity contribution in [3.63, 3.8) is 0 Å². The molecular formula is C25H28N2O5S2. The Kier molecular flexibility index (Phi) is 7.42. The summed E-state index contributed by atoms with van der Waals surface area (Å²) < 4.78 is 5.30. The molecule has 1 aliphatic heterocycles. The molecule has 3 amide bonds. The van der Waals surface area contributed by atoms with E-state index < -0.39 is 29.7 Å². The van der Waals surface area contributed by atoms with Crippen molar-refractivity contribution >= 4 is 51.8 Å². The maximum atomic E-state index is 13.5. The van der Waals surface area contributed by atoms with Gasteiger partial charge in [-0.2, -0.15) is 11.8 Å². The average molecular weight is 501 g/mol. The molecule has 1 aromatic carbocycles. The van der Waals surface area contributed by atoms with E-state index in [1.165, 1.54) is 23.1 Å². The first-order valence-electron chi connectivity index (χ1n) is 11.5. The summed E-state index contributed by atoms with van der Waals surface area (Å²) in [4.78, 5) is 54.7. The molecule has 2 heterocycles. The first-order valence-corrected chi connectivity index (χ1v) is 13.7. The Balaban J connectivity index is 1.66. The second kappa shape index (κ2) is 10.3. The lowest BCUT2D eigenvalue weighted by Crippen LogP contribution is -2.47. The third kappa shape index (κ3) is 4.51. The lowest BCUT2D eigenvalue weighted by atomic mass is 9.88. The van der Waals surface area contributed by atoms with Gasteiger partial charge in [-0.15, -0.1) is 11.3 Å². The minimum absolute atomic E-state index is 0.235. The van der Waals surface area contributed by atoms with Crippen molar-refractivity contribution in [1.29, 1.82) is 0 Å². The van der Waals surface area contributed by atoms with Gasteiger partial charge in [0.05, 0.1) is 23.3 Å². The Morgan fingerprint density at radius 3 is 2.53 bits per heavy atom. The van der Waals surface area contributed by atoms with E-state index in [-0.39, 0.29) is 6.61 Å². The Hall–Kier alpha value is -2.65. The van der Waals surface area contributed by atoms with Gasteiger partial charge >= 0.3 is 5.97 Å². The van der Waals surface area contributed by atoms with Crippen molar-refractivity contribution in [2.75, 3.05) is 23.9 Å². The van der Waals surface area contributed by atoms with Crippen molar-refractivity contribution < 1.29 is 23.9 Å². The highest BCUT2D eigenvalue weighted by atomic mass is 32.2. The molecule has 2 unspecified atom stereocenters. The normalized spacial score (nSPS) is 17.9. The number of hydrogen-bond donors (Lipinski definition) is 1. The van der Waals surface area contributed by atoms with E-state index in [9.17, 15) is 19.2 Å². The second-order valence-corrected chi connectivity index (χ2v) is 10.7. The van der Waals surface area contributed by atoms with E-state index in [1.807, 2.05) is 6.26 Å². The minimum atomic E-state index is -0.979. The lowest BCUT2D eigenvalue weighted by Gasteiger charge is -2.25. The molecule has 1 aliphatic carbocycles. The topological polar surface area (TPSA) is 92.8 Å². The maximum Gasteiger partial charge on any atom is 0.341 e. The highest BCUT2D eigenvalue weighted by molar-refractivity contribution is 7.98. The third-order valence-corrected chi connectivity index (χ3v) is 8.08. The van der Waals surface area contributed by atoms with Crippen LogP contribution in [0, 0.1) is 5.92 Å². The van der Waals surface area contributed by atoms with Crippen LogP contribution in [0.1, 0.15) is 68.2 Å². The molecule has 0 bridgehead atoms. The van der Waals surface area contributed by atoms with Gasteiger partial charge in [-0.05, 0) is 68.2 Å². The van der Waals surface area contributed by atoms with E-state index in [0.717, 1.165) is 34.6 Å². The summed E-state index contributed by atoms with van der Waals surface area (Å²) in [6.45, 7) is 4.15. The molecule has 0 spiro atoms. The number of thiophene rings is 1. The molecule has 0 saturated carbocycles. The molecule has 0 radical (unpaired) electrons. The molecule has 1 aromatic heterocycles. The van der Waals surface area contributed by atoms with Crippen LogP contribution in [-0.4, -0.2) is 53.2 Å². The molecule has 180 valence electrons. The number of carbonyl (C=O) groups is 4. The number of hydrogen-bond acceptors (Lipinski definition) is 7. The first-order chi connectivity index (χ1) is 16.4. The minimum Gasteiger partial charge on any atom is -0.462 e. The van der Waals surface area contributed by atoms with Crippen LogP contribution in [0.15, 0.2) is 24.3 Å². The average Bonchev–Trinajstić information content (AvgIpc) is 3.29. The number of esters is 1. The van der Waals surface area contributed by atoms with Gasteiger partial charge in [0, 0.05) is 4.88 Å². The van der Waals surface area contributed by atoms with Crippen molar-refractivity contribution in [1.82, 2.24) is 4.90 Å². The summed E-state index contributed by atoms with van der Waals surface area (Å²) in [5.41, 5.74) is 1.97. The largest absolute Gasteiger partial charge is 0.462 e. The number of nitrogens with zero attached hydrogens (tertiary/aromatic N) is 1. The molecule has 0 fully saturated rings. The van der Waals surface area contributed by atoms with Crippen LogP contribution >= 0.6 is 23.1 Å². The molecule has 7 nitrogen and oxygen atoms in total. The predicted molar refractivity (Wildman–Crippen MR) is 134 cm³/mol. The fraction of sp³-hybridized carbons (Fsp3) is 0.440. The van der Waals surface area contributed by atoms with Crippen molar-refractivity contribution in [2.24, 2.45) is 5.92 Å². The van der Waals surface area contributed by atoms with Crippen molar-refractivity contribution in [3.8, 4) is 0 Å². The quantitative estimate of drug-likeness (QED) is 0.426. The first kappa shape index (κ1) is 24.5. The van der Waals surface area contributed by atoms with Gasteiger partial charge in [-0.3, -0.25) is 19.3 Å². The van der Waals surface area contributed by atoms with Gasteiger partial charge < -0.3 is 10.1 Å². The summed E-state index contributed by atoms with van der Waals surface area (Å²) >= 11 is 2.93. The van der Waals surface area contributed by atoms with Crippen LogP contribution in [0.5, 0.6) is 0 Å². The van der Waals surface area contributed by atoms with Gasteiger partial charge in [0.1, 0.15) is 11.0 Å². The smallest absolute Gasteiger partial charge is 0.341 e. The van der Waals surface area contributed by atoms with Gasteiger partial charge in [-0.1, -0.05) is 19.1 Å². The van der Waals surface area contributed by atoms with Crippen LogP contribution in [0.3, 0.4) is 0 Å². The highest BCUT2D eigenvalue weighted by Gasteiger charge is 2.43. The third-order valence-electron chi connectivity index (χ3n) is 6.26. The number of benzene rings is 1. The molecule has 0 saturated heterocycles. The van der Waals surface area contributed by atoms with E-state index in [2.05, 4.69) is 12.2 Å². The number of anilines is 1. The fourth-order valence-corrected chi connectivity index (χ4v) is 6.41. The van der Waals surface area contributed by atoms with Crippen LogP contribution < -0.4 is 5.32 Å². The van der Waals surface area contributed by atoms with Crippen LogP contribution in [0.25, 0.3) is 0 Å². The molecule has 9 heteroatoms. The molecule has 2 atom stereocenters. The molecule has 4 rings (SSSR count). The van der Waals surface area contributed by atoms with Gasteiger partial charge in [0.15, 0.2) is 0 Å². The SMILES string of the molecule is CCOC(=O)c1c(NC(=O)C(CCSC)N2C(=O)c3ccccc3C2=O)sc2c1CCC(C)C2. The summed E-state index contributed by atoms with van der Waals surface area (Å²) in [7, 11) is 0. The number of ether oxygens (including phenoxy) is 1. The Morgan fingerprint density at radius 2 is 1.91 bits per heavy atom. The van der Waals surface area contributed by atoms with E-state index >= 15 is 0 Å². The summed E-state index contributed by atoms with van der Waals surface area (Å²) in [6.07, 6.45) is 4.79. The zero-order valence-electron chi connectivity index (χ0n) is 19.5.